The van der Waals surface area contributed by atoms with E-state index in [2.05, 4.69) is 15.6 Å². The molecule has 0 radical (unpaired) electrons. The number of nitrogens with zero attached hydrogens (tertiary/aromatic N) is 1. The second kappa shape index (κ2) is 5.44. The molecule has 1 heterocycles. The van der Waals surface area contributed by atoms with Crippen LogP contribution in [0.5, 0.6) is 0 Å². The minimum absolute atomic E-state index is 0.266. The molecule has 1 saturated carbocycles. The zero-order valence-electron chi connectivity index (χ0n) is 10.9. The van der Waals surface area contributed by atoms with Crippen LogP contribution in [-0.4, -0.2) is 30.2 Å². The van der Waals surface area contributed by atoms with Crippen molar-refractivity contribution in [2.45, 2.75) is 38.3 Å². The van der Waals surface area contributed by atoms with Crippen molar-refractivity contribution in [1.29, 1.82) is 0 Å². The van der Waals surface area contributed by atoms with E-state index in [0.717, 1.165) is 12.5 Å². The second-order valence-electron chi connectivity index (χ2n) is 4.86. The fourth-order valence-electron chi connectivity index (χ4n) is 1.64. The fraction of sp³-hybridized carbons (Fsp3) is 0.615. The molecule has 100 valence electrons. The Morgan fingerprint density at radius 1 is 1.61 bits per heavy atom. The van der Waals surface area contributed by atoms with Crippen LogP contribution in [0.15, 0.2) is 27.8 Å². The van der Waals surface area contributed by atoms with Gasteiger partial charge >= 0.3 is 0 Å². The maximum Gasteiger partial charge on any atom is 0.191 e. The van der Waals surface area contributed by atoms with Crippen LogP contribution < -0.4 is 10.6 Å². The molecule has 1 aliphatic carbocycles. The van der Waals surface area contributed by atoms with E-state index < -0.39 is 5.60 Å². The molecule has 3 N–H and O–H groups in total. The lowest BCUT2D eigenvalue weighted by molar-refractivity contribution is 0.0437. The van der Waals surface area contributed by atoms with E-state index in [1.807, 2.05) is 6.92 Å². The third-order valence-electron chi connectivity index (χ3n) is 2.86. The summed E-state index contributed by atoms with van der Waals surface area (Å²) in [6.07, 6.45) is 3.94. The topological polar surface area (TPSA) is 69.8 Å². The summed E-state index contributed by atoms with van der Waals surface area (Å²) in [7, 11) is 0. The Kier molecular flexibility index (Phi) is 3.91. The van der Waals surface area contributed by atoms with Gasteiger partial charge in [0.1, 0.15) is 11.4 Å². The molecule has 1 aromatic heterocycles. The molecule has 5 nitrogen and oxygen atoms in total. The summed E-state index contributed by atoms with van der Waals surface area (Å²) in [5, 5.41) is 16.8. The smallest absolute Gasteiger partial charge is 0.191 e. The molecule has 0 aliphatic heterocycles. The number of aliphatic imine (C=N–C) groups is 1. The van der Waals surface area contributed by atoms with E-state index in [-0.39, 0.29) is 6.54 Å². The van der Waals surface area contributed by atoms with Crippen LogP contribution >= 0.6 is 0 Å². The van der Waals surface area contributed by atoms with E-state index >= 15 is 0 Å². The van der Waals surface area contributed by atoms with Crippen molar-refractivity contribution < 1.29 is 9.52 Å². The van der Waals surface area contributed by atoms with Gasteiger partial charge in [0, 0.05) is 12.6 Å². The predicted molar refractivity (Wildman–Crippen MR) is 70.4 cm³/mol. The van der Waals surface area contributed by atoms with Gasteiger partial charge in [0.15, 0.2) is 5.96 Å². The van der Waals surface area contributed by atoms with Gasteiger partial charge in [-0.1, -0.05) is 0 Å². The number of hydrogen-bond donors (Lipinski definition) is 3. The Balaban J connectivity index is 1.97. The first-order valence-corrected chi connectivity index (χ1v) is 6.43. The molecular formula is C13H21N3O2. The normalized spacial score (nSPS) is 19.4. The van der Waals surface area contributed by atoms with Crippen LogP contribution in [0, 0.1) is 0 Å². The molecule has 1 fully saturated rings. The van der Waals surface area contributed by atoms with Crippen molar-refractivity contribution in [2.75, 3.05) is 13.1 Å². The van der Waals surface area contributed by atoms with Gasteiger partial charge in [-0.3, -0.25) is 0 Å². The van der Waals surface area contributed by atoms with Crippen molar-refractivity contribution in [3.8, 4) is 0 Å². The third-order valence-corrected chi connectivity index (χ3v) is 2.86. The molecular weight excluding hydrogens is 230 g/mol. The second-order valence-corrected chi connectivity index (χ2v) is 4.86. The predicted octanol–water partition coefficient (Wildman–Crippen LogP) is 1.20. The maximum atomic E-state index is 10.3. The molecule has 0 saturated heterocycles. The Morgan fingerprint density at radius 3 is 2.94 bits per heavy atom. The quantitative estimate of drug-likeness (QED) is 0.543. The van der Waals surface area contributed by atoms with Gasteiger partial charge in [-0.15, -0.1) is 0 Å². The molecule has 1 atom stereocenters. The Morgan fingerprint density at radius 2 is 2.39 bits per heavy atom. The average molecular weight is 251 g/mol. The lowest BCUT2D eigenvalue weighted by atomic mass is 10.0. The number of hydrogen-bond acceptors (Lipinski definition) is 3. The van der Waals surface area contributed by atoms with Gasteiger partial charge in [-0.05, 0) is 38.8 Å². The SMILES string of the molecule is CCNC(=NCC(C)(O)c1ccco1)NC1CC1. The van der Waals surface area contributed by atoms with Crippen LogP contribution in [0.4, 0.5) is 0 Å². The molecule has 0 spiro atoms. The van der Waals surface area contributed by atoms with Crippen molar-refractivity contribution >= 4 is 5.96 Å². The third kappa shape index (κ3) is 3.50. The standard InChI is InChI=1S/C13H21N3O2/c1-3-14-12(16-10-6-7-10)15-9-13(2,17)11-5-4-8-18-11/h4-5,8,10,17H,3,6-7,9H2,1-2H3,(H2,14,15,16). The van der Waals surface area contributed by atoms with Crippen molar-refractivity contribution in [1.82, 2.24) is 10.6 Å². The average Bonchev–Trinajstić information content (AvgIpc) is 2.96. The lowest BCUT2D eigenvalue weighted by Gasteiger charge is -2.19. The largest absolute Gasteiger partial charge is 0.466 e. The molecule has 0 amide bonds. The summed E-state index contributed by atoms with van der Waals surface area (Å²) in [5.74, 6) is 1.29. The van der Waals surface area contributed by atoms with Crippen molar-refractivity contribution in [3.05, 3.63) is 24.2 Å². The van der Waals surface area contributed by atoms with E-state index in [9.17, 15) is 5.11 Å². The number of aliphatic hydroxyl groups is 1. The van der Waals surface area contributed by atoms with Gasteiger partial charge in [-0.2, -0.15) is 0 Å². The van der Waals surface area contributed by atoms with Crippen LogP contribution in [0.25, 0.3) is 0 Å². The monoisotopic (exact) mass is 251 g/mol. The lowest BCUT2D eigenvalue weighted by Crippen LogP contribution is -2.39. The maximum absolute atomic E-state index is 10.3. The van der Waals surface area contributed by atoms with Gasteiger partial charge in [0.25, 0.3) is 0 Å². The Bertz CT molecular complexity index is 394. The molecule has 1 aliphatic rings. The zero-order chi connectivity index (χ0) is 13.0. The van der Waals surface area contributed by atoms with E-state index in [1.54, 1.807) is 25.3 Å². The number of guanidine groups is 1. The van der Waals surface area contributed by atoms with Crippen LogP contribution in [0.3, 0.4) is 0 Å². The molecule has 1 aromatic rings. The first-order valence-electron chi connectivity index (χ1n) is 6.43. The van der Waals surface area contributed by atoms with Gasteiger partial charge in [0.2, 0.25) is 0 Å². The van der Waals surface area contributed by atoms with Gasteiger partial charge in [-0.25, -0.2) is 4.99 Å². The summed E-state index contributed by atoms with van der Waals surface area (Å²) < 4.78 is 5.22. The van der Waals surface area contributed by atoms with E-state index in [0.29, 0.717) is 11.8 Å². The number of rotatable bonds is 5. The fourth-order valence-corrected chi connectivity index (χ4v) is 1.64. The molecule has 1 unspecified atom stereocenters. The van der Waals surface area contributed by atoms with E-state index in [4.69, 9.17) is 4.42 Å². The molecule has 18 heavy (non-hydrogen) atoms. The summed E-state index contributed by atoms with van der Waals surface area (Å²) in [6.45, 7) is 4.80. The molecule has 5 heteroatoms. The van der Waals surface area contributed by atoms with Gasteiger partial charge < -0.3 is 20.2 Å². The summed E-state index contributed by atoms with van der Waals surface area (Å²) >= 11 is 0. The first-order chi connectivity index (χ1) is 8.62. The number of furan rings is 1. The minimum Gasteiger partial charge on any atom is -0.466 e. The zero-order valence-corrected chi connectivity index (χ0v) is 10.9. The molecule has 2 rings (SSSR count). The Labute approximate surface area is 107 Å². The van der Waals surface area contributed by atoms with E-state index in [1.165, 1.54) is 12.8 Å². The molecule has 0 aromatic carbocycles. The molecule has 0 bridgehead atoms. The summed E-state index contributed by atoms with van der Waals surface area (Å²) in [5.41, 5.74) is -1.07. The summed E-state index contributed by atoms with van der Waals surface area (Å²) in [4.78, 5) is 4.41. The highest BCUT2D eigenvalue weighted by Crippen LogP contribution is 2.21. The minimum atomic E-state index is -1.07. The highest BCUT2D eigenvalue weighted by atomic mass is 16.4. The highest BCUT2D eigenvalue weighted by molar-refractivity contribution is 5.80. The summed E-state index contributed by atoms with van der Waals surface area (Å²) in [6, 6.07) is 4.06. The Hall–Kier alpha value is -1.49. The van der Waals surface area contributed by atoms with Crippen LogP contribution in [-0.2, 0) is 5.60 Å². The van der Waals surface area contributed by atoms with Crippen LogP contribution in [0.2, 0.25) is 0 Å². The van der Waals surface area contributed by atoms with Crippen LogP contribution in [0.1, 0.15) is 32.4 Å². The first kappa shape index (κ1) is 13.0. The van der Waals surface area contributed by atoms with Gasteiger partial charge in [0.05, 0.1) is 12.8 Å². The van der Waals surface area contributed by atoms with Crippen molar-refractivity contribution in [2.24, 2.45) is 4.99 Å². The van der Waals surface area contributed by atoms with Crippen molar-refractivity contribution in [3.63, 3.8) is 0 Å². The highest BCUT2D eigenvalue weighted by Gasteiger charge is 2.27. The number of nitrogens with one attached hydrogen (secondary N) is 2.